The van der Waals surface area contributed by atoms with E-state index in [0.29, 0.717) is 31.1 Å². The van der Waals surface area contributed by atoms with E-state index in [1.807, 2.05) is 20.8 Å². The van der Waals surface area contributed by atoms with Gasteiger partial charge in [-0.25, -0.2) is 4.79 Å². The normalized spacial score (nSPS) is 16.2. The molecule has 1 saturated heterocycles. The number of halogens is 1. The average molecular weight is 446 g/mol. The van der Waals surface area contributed by atoms with E-state index in [1.165, 1.54) is 11.3 Å². The number of rotatable bonds is 3. The number of amides is 3. The van der Waals surface area contributed by atoms with Crippen LogP contribution in [0, 0.1) is 0 Å². The van der Waals surface area contributed by atoms with Crippen LogP contribution in [0.5, 0.6) is 0 Å². The number of hydrogen-bond donors (Lipinski definition) is 1. The SMILES string of the molecule is CC(NC(=O)c1ccc(Br)s1)C(=O)N1CCN(C(=O)OC(C)(C)C)CC1. The summed E-state index contributed by atoms with van der Waals surface area (Å²) in [4.78, 5) is 40.6. The van der Waals surface area contributed by atoms with Gasteiger partial charge < -0.3 is 19.9 Å². The number of nitrogens with zero attached hydrogens (tertiary/aromatic N) is 2. The van der Waals surface area contributed by atoms with E-state index in [1.54, 1.807) is 28.9 Å². The second-order valence-electron chi connectivity index (χ2n) is 7.09. The molecule has 7 nitrogen and oxygen atoms in total. The van der Waals surface area contributed by atoms with Crippen molar-refractivity contribution in [2.75, 3.05) is 26.2 Å². The summed E-state index contributed by atoms with van der Waals surface area (Å²) in [6.07, 6.45) is -0.366. The van der Waals surface area contributed by atoms with Crippen molar-refractivity contribution in [1.82, 2.24) is 15.1 Å². The van der Waals surface area contributed by atoms with Crippen molar-refractivity contribution in [3.8, 4) is 0 Å². The third-order valence-corrected chi connectivity index (χ3v) is 5.38. The second-order valence-corrected chi connectivity index (χ2v) is 9.55. The predicted octanol–water partition coefficient (Wildman–Crippen LogP) is 2.71. The number of carbonyl (C=O) groups is 3. The molecule has 3 amide bonds. The predicted molar refractivity (Wildman–Crippen MR) is 103 cm³/mol. The summed E-state index contributed by atoms with van der Waals surface area (Å²) in [6, 6.07) is 2.87. The lowest BCUT2D eigenvalue weighted by molar-refractivity contribution is -0.134. The summed E-state index contributed by atoms with van der Waals surface area (Å²) in [5.74, 6) is -0.424. The first-order chi connectivity index (χ1) is 12.1. The maximum Gasteiger partial charge on any atom is 0.410 e. The topological polar surface area (TPSA) is 79.0 Å². The molecule has 1 aliphatic rings. The molecule has 0 aliphatic carbocycles. The highest BCUT2D eigenvalue weighted by atomic mass is 79.9. The van der Waals surface area contributed by atoms with E-state index in [-0.39, 0.29) is 17.9 Å². The van der Waals surface area contributed by atoms with Gasteiger partial charge in [0, 0.05) is 26.2 Å². The zero-order chi connectivity index (χ0) is 19.5. The Labute approximate surface area is 165 Å². The molecule has 1 fully saturated rings. The first-order valence-corrected chi connectivity index (χ1v) is 10.0. The third kappa shape index (κ3) is 5.70. The largest absolute Gasteiger partial charge is 0.444 e. The molecule has 1 unspecified atom stereocenters. The van der Waals surface area contributed by atoms with Crippen LogP contribution in [0.3, 0.4) is 0 Å². The van der Waals surface area contributed by atoms with E-state index in [2.05, 4.69) is 21.2 Å². The van der Waals surface area contributed by atoms with Gasteiger partial charge in [-0.2, -0.15) is 0 Å². The molecule has 1 aromatic rings. The van der Waals surface area contributed by atoms with Crippen molar-refractivity contribution in [3.05, 3.63) is 20.8 Å². The summed E-state index contributed by atoms with van der Waals surface area (Å²) >= 11 is 4.63. The lowest BCUT2D eigenvalue weighted by Crippen LogP contribution is -2.55. The molecule has 1 atom stereocenters. The van der Waals surface area contributed by atoms with Gasteiger partial charge in [0.15, 0.2) is 0 Å². The molecule has 2 rings (SSSR count). The maximum atomic E-state index is 12.5. The quantitative estimate of drug-likeness (QED) is 0.775. The fourth-order valence-corrected chi connectivity index (χ4v) is 3.76. The molecule has 9 heteroatoms. The van der Waals surface area contributed by atoms with Crippen LogP contribution in [0.2, 0.25) is 0 Å². The van der Waals surface area contributed by atoms with Gasteiger partial charge in [-0.05, 0) is 55.8 Å². The Balaban J connectivity index is 1.83. The molecule has 1 N–H and O–H groups in total. The minimum Gasteiger partial charge on any atom is -0.444 e. The fourth-order valence-electron chi connectivity index (χ4n) is 2.48. The van der Waals surface area contributed by atoms with Gasteiger partial charge in [-0.15, -0.1) is 11.3 Å². The van der Waals surface area contributed by atoms with Crippen LogP contribution >= 0.6 is 27.3 Å². The highest BCUT2D eigenvalue weighted by molar-refractivity contribution is 9.11. The molecule has 1 aliphatic heterocycles. The maximum absolute atomic E-state index is 12.5. The van der Waals surface area contributed by atoms with Crippen molar-refractivity contribution in [1.29, 1.82) is 0 Å². The second kappa shape index (κ2) is 8.39. The summed E-state index contributed by atoms with van der Waals surface area (Å²) in [6.45, 7) is 8.80. The van der Waals surface area contributed by atoms with Gasteiger partial charge in [0.05, 0.1) is 8.66 Å². The molecule has 26 heavy (non-hydrogen) atoms. The molecule has 2 heterocycles. The van der Waals surface area contributed by atoms with E-state index >= 15 is 0 Å². The van der Waals surface area contributed by atoms with Gasteiger partial charge in [0.1, 0.15) is 11.6 Å². The molecule has 0 bridgehead atoms. The van der Waals surface area contributed by atoms with Crippen LogP contribution in [0.25, 0.3) is 0 Å². The summed E-state index contributed by atoms with van der Waals surface area (Å²) in [7, 11) is 0. The zero-order valence-corrected chi connectivity index (χ0v) is 17.8. The number of piperazine rings is 1. The van der Waals surface area contributed by atoms with Crippen molar-refractivity contribution in [2.24, 2.45) is 0 Å². The van der Waals surface area contributed by atoms with E-state index in [9.17, 15) is 14.4 Å². The van der Waals surface area contributed by atoms with Crippen LogP contribution in [-0.4, -0.2) is 65.5 Å². The minimum atomic E-state index is -0.628. The summed E-state index contributed by atoms with van der Waals surface area (Å²) < 4.78 is 6.21. The Kier molecular flexibility index (Phi) is 6.68. The standard InChI is InChI=1S/C17H24BrN3O4S/c1-11(19-14(22)12-5-6-13(18)26-12)15(23)20-7-9-21(10-8-20)16(24)25-17(2,3)4/h5-6,11H,7-10H2,1-4H3,(H,19,22). The van der Waals surface area contributed by atoms with Crippen LogP contribution in [0.4, 0.5) is 4.79 Å². The fraction of sp³-hybridized carbons (Fsp3) is 0.588. The lowest BCUT2D eigenvalue weighted by atomic mass is 10.2. The lowest BCUT2D eigenvalue weighted by Gasteiger charge is -2.36. The number of carbonyl (C=O) groups excluding carboxylic acids is 3. The smallest absolute Gasteiger partial charge is 0.410 e. The van der Waals surface area contributed by atoms with Crippen molar-refractivity contribution in [3.63, 3.8) is 0 Å². The monoisotopic (exact) mass is 445 g/mol. The third-order valence-electron chi connectivity index (χ3n) is 3.76. The van der Waals surface area contributed by atoms with E-state index in [0.717, 1.165) is 3.79 Å². The van der Waals surface area contributed by atoms with Gasteiger partial charge in [-0.1, -0.05) is 0 Å². The van der Waals surface area contributed by atoms with Gasteiger partial charge >= 0.3 is 6.09 Å². The molecule has 1 aromatic heterocycles. The van der Waals surface area contributed by atoms with Crippen LogP contribution < -0.4 is 5.32 Å². The molecular formula is C17H24BrN3O4S. The molecule has 0 radical (unpaired) electrons. The molecule has 0 saturated carbocycles. The van der Waals surface area contributed by atoms with Crippen LogP contribution in [-0.2, 0) is 9.53 Å². The average Bonchev–Trinajstić information content (AvgIpc) is 2.99. The molecule has 144 valence electrons. The first kappa shape index (κ1) is 20.7. The number of hydrogen-bond acceptors (Lipinski definition) is 5. The summed E-state index contributed by atoms with van der Waals surface area (Å²) in [5.41, 5.74) is -0.542. The van der Waals surface area contributed by atoms with Crippen molar-refractivity contribution >= 4 is 45.2 Å². The van der Waals surface area contributed by atoms with Crippen LogP contribution in [0.1, 0.15) is 37.4 Å². The van der Waals surface area contributed by atoms with E-state index in [4.69, 9.17) is 4.74 Å². The molecule has 0 aromatic carbocycles. The van der Waals surface area contributed by atoms with Crippen molar-refractivity contribution in [2.45, 2.75) is 39.3 Å². The highest BCUT2D eigenvalue weighted by Crippen LogP contribution is 2.22. The number of thiophene rings is 1. The molecular weight excluding hydrogens is 422 g/mol. The van der Waals surface area contributed by atoms with E-state index < -0.39 is 11.6 Å². The van der Waals surface area contributed by atoms with Gasteiger partial charge in [-0.3, -0.25) is 9.59 Å². The molecule has 0 spiro atoms. The van der Waals surface area contributed by atoms with Gasteiger partial charge in [0.25, 0.3) is 5.91 Å². The van der Waals surface area contributed by atoms with Crippen molar-refractivity contribution < 1.29 is 19.1 Å². The first-order valence-electron chi connectivity index (χ1n) is 8.40. The Bertz CT molecular complexity index is 678. The highest BCUT2D eigenvalue weighted by Gasteiger charge is 2.30. The zero-order valence-electron chi connectivity index (χ0n) is 15.4. The van der Waals surface area contributed by atoms with Crippen LogP contribution in [0.15, 0.2) is 15.9 Å². The Morgan fingerprint density at radius 1 is 1.15 bits per heavy atom. The van der Waals surface area contributed by atoms with Gasteiger partial charge in [0.2, 0.25) is 5.91 Å². The number of ether oxygens (including phenoxy) is 1. The minimum absolute atomic E-state index is 0.155. The Hall–Kier alpha value is -1.61. The summed E-state index contributed by atoms with van der Waals surface area (Å²) in [5, 5.41) is 2.73. The number of nitrogens with one attached hydrogen (secondary N) is 1. The Morgan fingerprint density at radius 3 is 2.23 bits per heavy atom. The Morgan fingerprint density at radius 2 is 1.73 bits per heavy atom.